The predicted molar refractivity (Wildman–Crippen MR) is 138 cm³/mol. The second kappa shape index (κ2) is 8.25. The first-order chi connectivity index (χ1) is 16.8. The summed E-state index contributed by atoms with van der Waals surface area (Å²) in [6.45, 7) is 6.02. The van der Waals surface area contributed by atoms with E-state index in [1.807, 2.05) is 68.0 Å². The van der Waals surface area contributed by atoms with Gasteiger partial charge in [0.2, 0.25) is 0 Å². The Kier molecular flexibility index (Phi) is 5.28. The highest BCUT2D eigenvalue weighted by atomic mass is 16.3. The fourth-order valence-corrected chi connectivity index (χ4v) is 7.54. The van der Waals surface area contributed by atoms with Crippen molar-refractivity contribution in [1.82, 2.24) is 9.78 Å². The normalized spacial score (nSPS) is 26.9. The molecule has 4 aliphatic rings. The number of nitrogens with zero attached hydrogens (tertiary/aromatic N) is 2. The summed E-state index contributed by atoms with van der Waals surface area (Å²) < 4.78 is 1.89. The van der Waals surface area contributed by atoms with Crippen molar-refractivity contribution in [2.75, 3.05) is 5.32 Å². The van der Waals surface area contributed by atoms with Crippen molar-refractivity contribution in [2.45, 2.75) is 70.6 Å². The van der Waals surface area contributed by atoms with Gasteiger partial charge in [0.1, 0.15) is 5.75 Å². The zero-order chi connectivity index (χ0) is 24.3. The van der Waals surface area contributed by atoms with E-state index in [9.17, 15) is 9.90 Å². The summed E-state index contributed by atoms with van der Waals surface area (Å²) in [6, 6.07) is 13.8. The topological polar surface area (TPSA) is 67.2 Å². The number of carbonyl (C=O) groups excluding carboxylic acids is 1. The van der Waals surface area contributed by atoms with E-state index in [4.69, 9.17) is 5.10 Å². The molecule has 5 heteroatoms. The SMILES string of the molecule is Cc1cc(O)c(C(C)C)cc1NC(=O)c1cn(-c2ccccc2)nc1C12CC3CC(CC(C3)C1)C2. The number of phenolic OH excluding ortho intramolecular Hbond substituents is 1. The van der Waals surface area contributed by atoms with Gasteiger partial charge in [0.05, 0.1) is 16.9 Å². The zero-order valence-electron chi connectivity index (χ0n) is 20.9. The first-order valence-corrected chi connectivity index (χ1v) is 13.1. The molecule has 4 fully saturated rings. The van der Waals surface area contributed by atoms with E-state index < -0.39 is 0 Å². The summed E-state index contributed by atoms with van der Waals surface area (Å²) in [5, 5.41) is 18.7. The highest BCUT2D eigenvalue weighted by molar-refractivity contribution is 6.05. The van der Waals surface area contributed by atoms with Crippen LogP contribution in [0.15, 0.2) is 48.7 Å². The second-order valence-corrected chi connectivity index (χ2v) is 11.7. The summed E-state index contributed by atoms with van der Waals surface area (Å²) >= 11 is 0. The summed E-state index contributed by atoms with van der Waals surface area (Å²) in [5.41, 5.74) is 5.10. The molecule has 5 nitrogen and oxygen atoms in total. The third-order valence-electron chi connectivity index (χ3n) is 8.76. The Morgan fingerprint density at radius 1 is 1.06 bits per heavy atom. The van der Waals surface area contributed by atoms with Gasteiger partial charge in [0.15, 0.2) is 0 Å². The number of hydrogen-bond acceptors (Lipinski definition) is 3. The van der Waals surface area contributed by atoms with Crippen molar-refractivity contribution in [1.29, 1.82) is 0 Å². The van der Waals surface area contributed by atoms with Crippen LogP contribution in [0.1, 0.15) is 85.5 Å². The molecule has 0 radical (unpaired) electrons. The smallest absolute Gasteiger partial charge is 0.259 e. The molecule has 182 valence electrons. The van der Waals surface area contributed by atoms with Crippen molar-refractivity contribution in [2.24, 2.45) is 17.8 Å². The minimum absolute atomic E-state index is 0.00848. The summed E-state index contributed by atoms with van der Waals surface area (Å²) in [4.78, 5) is 13.9. The van der Waals surface area contributed by atoms with Gasteiger partial charge >= 0.3 is 0 Å². The summed E-state index contributed by atoms with van der Waals surface area (Å²) in [7, 11) is 0. The van der Waals surface area contributed by atoms with Crippen molar-refractivity contribution in [3.05, 3.63) is 71.0 Å². The maximum absolute atomic E-state index is 13.9. The van der Waals surface area contributed by atoms with Gasteiger partial charge in [-0.2, -0.15) is 5.10 Å². The van der Waals surface area contributed by atoms with E-state index in [2.05, 4.69) is 5.32 Å². The van der Waals surface area contributed by atoms with Crippen LogP contribution in [0.5, 0.6) is 5.75 Å². The number of carbonyl (C=O) groups is 1. The predicted octanol–water partition coefficient (Wildman–Crippen LogP) is 6.73. The lowest BCUT2D eigenvalue weighted by atomic mass is 9.48. The molecule has 35 heavy (non-hydrogen) atoms. The van der Waals surface area contributed by atoms with E-state index in [1.165, 1.54) is 19.3 Å². The Bertz CT molecular complexity index is 1240. The number of para-hydroxylation sites is 1. The third-order valence-corrected chi connectivity index (χ3v) is 8.76. The molecule has 4 bridgehead atoms. The van der Waals surface area contributed by atoms with Crippen LogP contribution in [0.2, 0.25) is 0 Å². The van der Waals surface area contributed by atoms with Crippen molar-refractivity contribution in [3.63, 3.8) is 0 Å². The largest absolute Gasteiger partial charge is 0.508 e. The van der Waals surface area contributed by atoms with E-state index in [0.717, 1.165) is 65.2 Å². The summed E-state index contributed by atoms with van der Waals surface area (Å²) in [5.74, 6) is 2.64. The van der Waals surface area contributed by atoms with Crippen LogP contribution in [0.3, 0.4) is 0 Å². The Morgan fingerprint density at radius 3 is 2.29 bits per heavy atom. The lowest BCUT2D eigenvalue weighted by Crippen LogP contribution is -2.49. The van der Waals surface area contributed by atoms with Crippen molar-refractivity contribution in [3.8, 4) is 11.4 Å². The molecule has 0 spiro atoms. The number of aromatic nitrogens is 2. The quantitative estimate of drug-likeness (QED) is 0.407. The highest BCUT2D eigenvalue weighted by Crippen LogP contribution is 2.61. The Morgan fingerprint density at radius 2 is 1.69 bits per heavy atom. The molecule has 0 atom stereocenters. The Labute approximate surface area is 207 Å². The molecular weight excluding hydrogens is 434 g/mol. The van der Waals surface area contributed by atoms with E-state index >= 15 is 0 Å². The molecule has 0 aliphatic heterocycles. The molecule has 1 aromatic heterocycles. The lowest BCUT2D eigenvalue weighted by molar-refractivity contribution is -0.00765. The minimum atomic E-state index is -0.110. The number of amides is 1. The number of benzene rings is 2. The Balaban J connectivity index is 1.41. The number of anilines is 1. The van der Waals surface area contributed by atoms with Crippen LogP contribution in [-0.4, -0.2) is 20.8 Å². The molecule has 4 aliphatic carbocycles. The fourth-order valence-electron chi connectivity index (χ4n) is 7.54. The first-order valence-electron chi connectivity index (χ1n) is 13.1. The molecule has 0 saturated heterocycles. The number of phenols is 1. The van der Waals surface area contributed by atoms with E-state index in [0.29, 0.717) is 5.56 Å². The molecule has 0 unspecified atom stereocenters. The van der Waals surface area contributed by atoms with E-state index in [-0.39, 0.29) is 23.0 Å². The van der Waals surface area contributed by atoms with Gasteiger partial charge in [-0.05, 0) is 105 Å². The number of aryl methyl sites for hydroxylation is 1. The van der Waals surface area contributed by atoms with Crippen LogP contribution in [0.4, 0.5) is 5.69 Å². The summed E-state index contributed by atoms with van der Waals surface area (Å²) in [6.07, 6.45) is 9.45. The molecule has 2 aromatic carbocycles. The van der Waals surface area contributed by atoms with Gasteiger partial charge in [-0.1, -0.05) is 32.0 Å². The van der Waals surface area contributed by atoms with Crippen LogP contribution in [0, 0.1) is 24.7 Å². The maximum Gasteiger partial charge on any atom is 0.259 e. The molecule has 2 N–H and O–H groups in total. The third kappa shape index (κ3) is 3.85. The van der Waals surface area contributed by atoms with Crippen molar-refractivity contribution >= 4 is 11.6 Å². The number of nitrogens with one attached hydrogen (secondary N) is 1. The Hall–Kier alpha value is -3.08. The number of aromatic hydroxyl groups is 1. The van der Waals surface area contributed by atoms with Crippen molar-refractivity contribution < 1.29 is 9.90 Å². The monoisotopic (exact) mass is 469 g/mol. The standard InChI is InChI=1S/C30H35N3O2/c1-18(2)24-13-26(19(3)9-27(24)34)31-29(35)25-17-33(23-7-5-4-6-8-23)32-28(25)30-14-20-10-21(15-30)12-22(11-20)16-30/h4-9,13,17-18,20-22,34H,10-12,14-16H2,1-3H3,(H,31,35). The van der Waals surface area contributed by atoms with Crippen LogP contribution >= 0.6 is 0 Å². The van der Waals surface area contributed by atoms with Gasteiger partial charge < -0.3 is 10.4 Å². The van der Waals surface area contributed by atoms with Gasteiger partial charge in [0, 0.05) is 17.3 Å². The highest BCUT2D eigenvalue weighted by Gasteiger charge is 2.54. The number of hydrogen-bond donors (Lipinski definition) is 2. The van der Waals surface area contributed by atoms with Crippen LogP contribution in [0.25, 0.3) is 5.69 Å². The molecule has 1 heterocycles. The number of rotatable bonds is 5. The molecule has 7 rings (SSSR count). The van der Waals surface area contributed by atoms with Gasteiger partial charge in [0.25, 0.3) is 5.91 Å². The molecule has 1 amide bonds. The van der Waals surface area contributed by atoms with Crippen LogP contribution in [-0.2, 0) is 5.41 Å². The minimum Gasteiger partial charge on any atom is -0.508 e. The second-order valence-electron chi connectivity index (χ2n) is 11.7. The molecule has 4 saturated carbocycles. The maximum atomic E-state index is 13.9. The van der Waals surface area contributed by atoms with Gasteiger partial charge in [-0.3, -0.25) is 4.79 Å². The van der Waals surface area contributed by atoms with Gasteiger partial charge in [-0.25, -0.2) is 4.68 Å². The lowest BCUT2D eigenvalue weighted by Gasteiger charge is -2.56. The average molecular weight is 470 g/mol. The van der Waals surface area contributed by atoms with E-state index in [1.54, 1.807) is 6.07 Å². The van der Waals surface area contributed by atoms with Crippen LogP contribution < -0.4 is 5.32 Å². The van der Waals surface area contributed by atoms with Gasteiger partial charge in [-0.15, -0.1) is 0 Å². The molecular formula is C30H35N3O2. The molecule has 3 aromatic rings. The fraction of sp³-hybridized carbons (Fsp3) is 0.467. The zero-order valence-corrected chi connectivity index (χ0v) is 20.9. The average Bonchev–Trinajstić information content (AvgIpc) is 3.27. The first kappa shape index (κ1) is 22.4.